The molecule has 0 unspecified atom stereocenters. The molecule has 0 atom stereocenters. The maximum Gasteiger partial charge on any atom is 0.411 e. The average molecular weight is 265 g/mol. The second-order valence-electron chi connectivity index (χ2n) is 3.33. The van der Waals surface area contributed by atoms with Crippen molar-refractivity contribution in [2.45, 2.75) is 11.1 Å². The van der Waals surface area contributed by atoms with Gasteiger partial charge in [0.15, 0.2) is 0 Å². The summed E-state index contributed by atoms with van der Waals surface area (Å²) in [5.74, 6) is 0. The molecule has 2 nitrogen and oxygen atoms in total. The van der Waals surface area contributed by atoms with Crippen LogP contribution in [0, 0.1) is 0 Å². The van der Waals surface area contributed by atoms with Gasteiger partial charge in [0.1, 0.15) is 6.61 Å². The van der Waals surface area contributed by atoms with Crippen molar-refractivity contribution in [3.8, 4) is 0 Å². The largest absolute Gasteiger partial charge is 0.411 e. The van der Waals surface area contributed by atoms with E-state index in [4.69, 9.17) is 0 Å². The van der Waals surface area contributed by atoms with Gasteiger partial charge in [-0.3, -0.25) is 0 Å². The Morgan fingerprint density at radius 2 is 2.12 bits per heavy atom. The summed E-state index contributed by atoms with van der Waals surface area (Å²) in [5.41, 5.74) is 0.882. The molecule has 0 saturated heterocycles. The van der Waals surface area contributed by atoms with Crippen molar-refractivity contribution in [3.63, 3.8) is 0 Å². The van der Waals surface area contributed by atoms with Gasteiger partial charge in [0.2, 0.25) is 0 Å². The molecule has 1 rings (SSSR count). The van der Waals surface area contributed by atoms with Crippen molar-refractivity contribution in [1.82, 2.24) is 0 Å². The molecule has 1 aromatic rings. The topological polar surface area (TPSA) is 21.3 Å². The number of alkyl halides is 3. The van der Waals surface area contributed by atoms with Gasteiger partial charge in [-0.15, -0.1) is 11.8 Å². The Labute approximate surface area is 103 Å². The molecule has 0 heterocycles. The minimum absolute atomic E-state index is 0.0308. The first-order valence-electron chi connectivity index (χ1n) is 5.04. The zero-order chi connectivity index (χ0) is 12.7. The van der Waals surface area contributed by atoms with E-state index >= 15 is 0 Å². The summed E-state index contributed by atoms with van der Waals surface area (Å²) in [4.78, 5) is 1.10. The van der Waals surface area contributed by atoms with E-state index < -0.39 is 12.8 Å². The van der Waals surface area contributed by atoms with E-state index in [-0.39, 0.29) is 6.61 Å². The molecule has 1 aromatic carbocycles. The number of benzene rings is 1. The highest BCUT2D eigenvalue weighted by Gasteiger charge is 2.27. The number of anilines is 1. The summed E-state index contributed by atoms with van der Waals surface area (Å²) < 4.78 is 39.8. The van der Waals surface area contributed by atoms with E-state index in [1.54, 1.807) is 11.8 Å². The number of thioether (sulfide) groups is 1. The van der Waals surface area contributed by atoms with Crippen LogP contribution in [0.5, 0.6) is 0 Å². The summed E-state index contributed by atoms with van der Waals surface area (Å²) in [5, 5.41) is 3.00. The Kier molecular flexibility index (Phi) is 5.64. The molecule has 0 aliphatic rings. The summed E-state index contributed by atoms with van der Waals surface area (Å²) in [6.07, 6.45) is -2.29. The van der Waals surface area contributed by atoms with Gasteiger partial charge in [-0.25, -0.2) is 0 Å². The molecule has 0 aromatic heterocycles. The first kappa shape index (κ1) is 14.2. The second-order valence-corrected chi connectivity index (χ2v) is 4.21. The smallest absolute Gasteiger partial charge is 0.383 e. The van der Waals surface area contributed by atoms with Crippen LogP contribution in [0.1, 0.15) is 0 Å². The molecule has 1 N–H and O–H groups in total. The van der Waals surface area contributed by atoms with Gasteiger partial charge in [-0.1, -0.05) is 6.07 Å². The highest BCUT2D eigenvalue weighted by molar-refractivity contribution is 7.98. The lowest BCUT2D eigenvalue weighted by Crippen LogP contribution is -2.20. The molecule has 0 spiro atoms. The van der Waals surface area contributed by atoms with Crippen LogP contribution in [-0.4, -0.2) is 32.2 Å². The number of rotatable bonds is 6. The molecule has 6 heteroatoms. The van der Waals surface area contributed by atoms with Crippen molar-refractivity contribution in [2.75, 3.05) is 31.3 Å². The van der Waals surface area contributed by atoms with Gasteiger partial charge < -0.3 is 10.1 Å². The molecule has 0 bridgehead atoms. The maximum atomic E-state index is 11.8. The Hall–Kier alpha value is -0.880. The van der Waals surface area contributed by atoms with Crippen LogP contribution in [0.15, 0.2) is 29.2 Å². The van der Waals surface area contributed by atoms with Crippen LogP contribution in [0.2, 0.25) is 0 Å². The average Bonchev–Trinajstić information content (AvgIpc) is 2.27. The number of ether oxygens (including phenoxy) is 1. The molecule has 0 fully saturated rings. The van der Waals surface area contributed by atoms with Crippen molar-refractivity contribution in [2.24, 2.45) is 0 Å². The zero-order valence-corrected chi connectivity index (χ0v) is 10.2. The monoisotopic (exact) mass is 265 g/mol. The van der Waals surface area contributed by atoms with Crippen LogP contribution in [0.4, 0.5) is 18.9 Å². The lowest BCUT2D eigenvalue weighted by atomic mass is 10.3. The third-order valence-electron chi connectivity index (χ3n) is 1.91. The molecule has 0 aliphatic carbocycles. The summed E-state index contributed by atoms with van der Waals surface area (Å²) in [6, 6.07) is 7.67. The van der Waals surface area contributed by atoms with Crippen LogP contribution in [0.25, 0.3) is 0 Å². The molecular weight excluding hydrogens is 251 g/mol. The highest BCUT2D eigenvalue weighted by Crippen LogP contribution is 2.18. The van der Waals surface area contributed by atoms with E-state index in [0.717, 1.165) is 10.6 Å². The molecule has 0 saturated carbocycles. The Bertz CT molecular complexity index is 344. The Morgan fingerprint density at radius 1 is 1.35 bits per heavy atom. The predicted molar refractivity (Wildman–Crippen MR) is 63.6 cm³/mol. The fourth-order valence-corrected chi connectivity index (χ4v) is 1.65. The standard InChI is InChI=1S/C11H14F3NOS/c1-17-10-4-2-3-9(7-10)15-5-6-16-8-11(12,13)14/h2-4,7,15H,5-6,8H2,1H3. The van der Waals surface area contributed by atoms with E-state index in [0.29, 0.717) is 6.54 Å². The van der Waals surface area contributed by atoms with Crippen LogP contribution >= 0.6 is 11.8 Å². The van der Waals surface area contributed by atoms with Gasteiger partial charge in [-0.2, -0.15) is 13.2 Å². The molecule has 0 radical (unpaired) electrons. The molecule has 17 heavy (non-hydrogen) atoms. The lowest BCUT2D eigenvalue weighted by molar-refractivity contribution is -0.172. The first-order valence-corrected chi connectivity index (χ1v) is 6.26. The van der Waals surface area contributed by atoms with Crippen molar-refractivity contribution in [3.05, 3.63) is 24.3 Å². The number of hydrogen-bond acceptors (Lipinski definition) is 3. The molecule has 96 valence electrons. The van der Waals surface area contributed by atoms with Crippen molar-refractivity contribution in [1.29, 1.82) is 0 Å². The van der Waals surface area contributed by atoms with Gasteiger partial charge in [-0.05, 0) is 24.5 Å². The molecular formula is C11H14F3NOS. The molecule has 0 aliphatic heterocycles. The van der Waals surface area contributed by atoms with E-state index in [1.165, 1.54) is 0 Å². The predicted octanol–water partition coefficient (Wildman–Crippen LogP) is 3.40. The summed E-state index contributed by atoms with van der Waals surface area (Å²) in [7, 11) is 0. The van der Waals surface area contributed by atoms with Crippen LogP contribution < -0.4 is 5.32 Å². The lowest BCUT2D eigenvalue weighted by Gasteiger charge is -2.09. The number of hydrogen-bond donors (Lipinski definition) is 1. The number of halogens is 3. The summed E-state index contributed by atoms with van der Waals surface area (Å²) >= 11 is 1.61. The quantitative estimate of drug-likeness (QED) is 0.629. The third-order valence-corrected chi connectivity index (χ3v) is 2.64. The third kappa shape index (κ3) is 6.43. The van der Waals surface area contributed by atoms with Crippen molar-refractivity contribution >= 4 is 17.4 Å². The van der Waals surface area contributed by atoms with E-state index in [2.05, 4.69) is 10.1 Å². The molecule has 0 amide bonds. The van der Waals surface area contributed by atoms with E-state index in [9.17, 15) is 13.2 Å². The van der Waals surface area contributed by atoms with Gasteiger partial charge in [0, 0.05) is 17.1 Å². The minimum atomic E-state index is -4.25. The van der Waals surface area contributed by atoms with Gasteiger partial charge >= 0.3 is 6.18 Å². The van der Waals surface area contributed by atoms with Crippen LogP contribution in [0.3, 0.4) is 0 Å². The van der Waals surface area contributed by atoms with Crippen molar-refractivity contribution < 1.29 is 17.9 Å². The number of nitrogens with one attached hydrogen (secondary N) is 1. The SMILES string of the molecule is CSc1cccc(NCCOCC(F)(F)F)c1. The van der Waals surface area contributed by atoms with E-state index in [1.807, 2.05) is 30.5 Å². The minimum Gasteiger partial charge on any atom is -0.383 e. The van der Waals surface area contributed by atoms with Crippen LogP contribution in [-0.2, 0) is 4.74 Å². The van der Waals surface area contributed by atoms with Gasteiger partial charge in [0.05, 0.1) is 6.61 Å². The summed E-state index contributed by atoms with van der Waals surface area (Å²) in [6.45, 7) is -0.809. The Morgan fingerprint density at radius 3 is 2.76 bits per heavy atom. The second kappa shape index (κ2) is 6.76. The van der Waals surface area contributed by atoms with Gasteiger partial charge in [0.25, 0.3) is 0 Å². The highest BCUT2D eigenvalue weighted by atomic mass is 32.2. The maximum absolute atomic E-state index is 11.8. The Balaban J connectivity index is 2.22. The fraction of sp³-hybridized carbons (Fsp3) is 0.455. The first-order chi connectivity index (χ1) is 8.01. The fourth-order valence-electron chi connectivity index (χ4n) is 1.19. The zero-order valence-electron chi connectivity index (χ0n) is 9.38. The normalized spacial score (nSPS) is 11.5.